The molecule has 0 unspecified atom stereocenters. The van der Waals surface area contributed by atoms with Gasteiger partial charge in [0.25, 0.3) is 0 Å². The third-order valence-corrected chi connectivity index (χ3v) is 5.01. The van der Waals surface area contributed by atoms with Crippen LogP contribution in [0.5, 0.6) is 5.75 Å². The quantitative estimate of drug-likeness (QED) is 0.340. The Bertz CT molecular complexity index is 1290. The van der Waals surface area contributed by atoms with Crippen molar-refractivity contribution < 1.29 is 22.7 Å². The average Bonchev–Trinajstić information content (AvgIpc) is 3.18. The van der Waals surface area contributed by atoms with E-state index in [2.05, 4.69) is 5.32 Å². The molecule has 4 nitrogen and oxygen atoms in total. The topological polar surface area (TPSA) is 51.5 Å². The van der Waals surface area contributed by atoms with E-state index in [-0.39, 0.29) is 17.5 Å². The highest BCUT2D eigenvalue weighted by Crippen LogP contribution is 2.37. The lowest BCUT2D eigenvalue weighted by atomic mass is 9.99. The lowest BCUT2D eigenvalue weighted by Gasteiger charge is -2.12. The highest BCUT2D eigenvalue weighted by atomic mass is 19.1. The van der Waals surface area contributed by atoms with Gasteiger partial charge in [-0.05, 0) is 67.4 Å². The predicted molar refractivity (Wildman–Crippen MR) is 121 cm³/mol. The summed E-state index contributed by atoms with van der Waals surface area (Å²) in [7, 11) is 0. The maximum atomic E-state index is 13.3. The molecule has 1 N–H and O–H groups in total. The number of halogens is 2. The lowest BCUT2D eigenvalue weighted by molar-refractivity contribution is -0.111. The fourth-order valence-corrected chi connectivity index (χ4v) is 3.48. The van der Waals surface area contributed by atoms with Gasteiger partial charge >= 0.3 is 0 Å². The van der Waals surface area contributed by atoms with Crippen molar-refractivity contribution in [3.8, 4) is 16.9 Å². The second kappa shape index (κ2) is 9.06. The number of rotatable bonds is 6. The van der Waals surface area contributed by atoms with E-state index in [9.17, 15) is 13.6 Å². The van der Waals surface area contributed by atoms with E-state index >= 15 is 0 Å². The van der Waals surface area contributed by atoms with Gasteiger partial charge in [-0.1, -0.05) is 12.1 Å². The van der Waals surface area contributed by atoms with Gasteiger partial charge in [-0.25, -0.2) is 8.78 Å². The van der Waals surface area contributed by atoms with Crippen LogP contribution in [0.1, 0.15) is 19.4 Å². The largest absolute Gasteiger partial charge is 0.493 e. The first-order chi connectivity index (χ1) is 15.4. The normalized spacial score (nSPS) is 11.6. The molecule has 0 saturated heterocycles. The first-order valence-corrected chi connectivity index (χ1v) is 10.1. The molecule has 162 valence electrons. The van der Waals surface area contributed by atoms with Gasteiger partial charge < -0.3 is 14.5 Å². The maximum absolute atomic E-state index is 13.3. The molecule has 0 saturated carbocycles. The molecule has 0 aliphatic rings. The molecule has 1 aromatic heterocycles. The first kappa shape index (κ1) is 21.3. The molecule has 1 heterocycles. The molecule has 0 spiro atoms. The van der Waals surface area contributed by atoms with Crippen molar-refractivity contribution in [3.05, 3.63) is 90.2 Å². The minimum Gasteiger partial charge on any atom is -0.493 e. The SMILES string of the molecule is CCOc1cc2occ(-c3ccc(F)cc3)c2cc1/C(C)=C/C(=O)Nc1ccc(F)cc1. The third-order valence-electron chi connectivity index (χ3n) is 5.01. The lowest BCUT2D eigenvalue weighted by Crippen LogP contribution is -2.08. The number of fused-ring (bicyclic) bond motifs is 1. The Kier molecular flexibility index (Phi) is 6.03. The van der Waals surface area contributed by atoms with Crippen molar-refractivity contribution in [1.82, 2.24) is 0 Å². The summed E-state index contributed by atoms with van der Waals surface area (Å²) in [5, 5.41) is 3.54. The minimum atomic E-state index is -0.374. The zero-order valence-electron chi connectivity index (χ0n) is 17.6. The van der Waals surface area contributed by atoms with Crippen LogP contribution in [0.2, 0.25) is 0 Å². The van der Waals surface area contributed by atoms with Crippen LogP contribution in [0.3, 0.4) is 0 Å². The molecule has 1 amide bonds. The maximum Gasteiger partial charge on any atom is 0.248 e. The number of benzene rings is 3. The van der Waals surface area contributed by atoms with E-state index in [1.165, 1.54) is 42.5 Å². The van der Waals surface area contributed by atoms with Crippen molar-refractivity contribution in [2.45, 2.75) is 13.8 Å². The van der Waals surface area contributed by atoms with Crippen molar-refractivity contribution in [3.63, 3.8) is 0 Å². The number of ether oxygens (including phenoxy) is 1. The Morgan fingerprint density at radius 1 is 1.03 bits per heavy atom. The van der Waals surface area contributed by atoms with Gasteiger partial charge in [-0.3, -0.25) is 4.79 Å². The van der Waals surface area contributed by atoms with Crippen LogP contribution in [-0.2, 0) is 4.79 Å². The Morgan fingerprint density at radius 3 is 2.34 bits per heavy atom. The first-order valence-electron chi connectivity index (χ1n) is 10.1. The molecule has 0 bridgehead atoms. The van der Waals surface area contributed by atoms with Crippen LogP contribution in [0, 0.1) is 11.6 Å². The number of amides is 1. The monoisotopic (exact) mass is 433 g/mol. The molecular formula is C26H21F2NO3. The summed E-state index contributed by atoms with van der Waals surface area (Å²) in [5.74, 6) is -0.445. The molecule has 0 fully saturated rings. The highest BCUT2D eigenvalue weighted by Gasteiger charge is 2.15. The van der Waals surface area contributed by atoms with E-state index in [0.29, 0.717) is 29.2 Å². The van der Waals surface area contributed by atoms with Gasteiger partial charge in [0.05, 0.1) is 12.9 Å². The number of nitrogens with one attached hydrogen (secondary N) is 1. The Labute approximate surface area is 184 Å². The van der Waals surface area contributed by atoms with Crippen LogP contribution in [0.25, 0.3) is 27.7 Å². The van der Waals surface area contributed by atoms with E-state index in [0.717, 1.165) is 22.1 Å². The number of hydrogen-bond donors (Lipinski definition) is 1. The highest BCUT2D eigenvalue weighted by molar-refractivity contribution is 6.05. The standard InChI is InChI=1S/C26H21F2NO3/c1-3-31-24-14-25-22(23(15-32-25)17-4-6-18(27)7-5-17)13-21(24)16(2)12-26(30)29-20-10-8-19(28)9-11-20/h4-15H,3H2,1-2H3,(H,29,30)/b16-12+. The number of hydrogen-bond acceptors (Lipinski definition) is 3. The molecule has 0 aliphatic carbocycles. The van der Waals surface area contributed by atoms with Crippen LogP contribution >= 0.6 is 0 Å². The van der Waals surface area contributed by atoms with Gasteiger partial charge in [0.15, 0.2) is 0 Å². The zero-order chi connectivity index (χ0) is 22.7. The summed E-state index contributed by atoms with van der Waals surface area (Å²) in [6.07, 6.45) is 3.09. The molecule has 4 rings (SSSR count). The average molecular weight is 433 g/mol. The molecule has 4 aromatic rings. The fourth-order valence-electron chi connectivity index (χ4n) is 3.48. The zero-order valence-corrected chi connectivity index (χ0v) is 17.6. The minimum absolute atomic E-state index is 0.313. The van der Waals surface area contributed by atoms with Gasteiger partial charge in [-0.2, -0.15) is 0 Å². The summed E-state index contributed by atoms with van der Waals surface area (Å²) >= 11 is 0. The number of anilines is 1. The Morgan fingerprint density at radius 2 is 1.69 bits per heavy atom. The van der Waals surface area contributed by atoms with E-state index in [4.69, 9.17) is 9.15 Å². The summed E-state index contributed by atoms with van der Waals surface area (Å²) in [6.45, 7) is 4.13. The summed E-state index contributed by atoms with van der Waals surface area (Å²) in [4.78, 5) is 12.5. The molecule has 3 aromatic carbocycles. The smallest absolute Gasteiger partial charge is 0.248 e. The molecular weight excluding hydrogens is 412 g/mol. The van der Waals surface area contributed by atoms with Crippen molar-refractivity contribution in [1.29, 1.82) is 0 Å². The fraction of sp³-hybridized carbons (Fsp3) is 0.115. The Balaban J connectivity index is 1.71. The molecule has 0 aliphatic heterocycles. The van der Waals surface area contributed by atoms with Gasteiger partial charge in [0.1, 0.15) is 23.0 Å². The number of carbonyl (C=O) groups excluding carboxylic acids is 1. The Hall–Kier alpha value is -3.93. The van der Waals surface area contributed by atoms with Crippen molar-refractivity contribution >= 4 is 28.1 Å². The van der Waals surface area contributed by atoms with E-state index in [1.54, 1.807) is 24.5 Å². The second-order valence-corrected chi connectivity index (χ2v) is 7.26. The van der Waals surface area contributed by atoms with Gasteiger partial charge in [-0.15, -0.1) is 0 Å². The summed E-state index contributed by atoms with van der Waals surface area (Å²) in [5.41, 5.74) is 4.16. The molecule has 32 heavy (non-hydrogen) atoms. The summed E-state index contributed by atoms with van der Waals surface area (Å²) < 4.78 is 37.9. The molecule has 0 atom stereocenters. The van der Waals surface area contributed by atoms with Gasteiger partial charge in [0, 0.05) is 34.3 Å². The number of allylic oxidation sites excluding steroid dienone is 1. The summed E-state index contributed by atoms with van der Waals surface area (Å²) in [6, 6.07) is 15.4. The van der Waals surface area contributed by atoms with E-state index < -0.39 is 0 Å². The van der Waals surface area contributed by atoms with E-state index in [1.807, 2.05) is 19.9 Å². The van der Waals surface area contributed by atoms with Crippen LogP contribution < -0.4 is 10.1 Å². The predicted octanol–water partition coefficient (Wildman–Crippen LogP) is 6.82. The molecule has 6 heteroatoms. The molecule has 0 radical (unpaired) electrons. The second-order valence-electron chi connectivity index (χ2n) is 7.26. The van der Waals surface area contributed by atoms with Gasteiger partial charge in [0.2, 0.25) is 5.91 Å². The third kappa shape index (κ3) is 4.54. The van der Waals surface area contributed by atoms with Crippen molar-refractivity contribution in [2.24, 2.45) is 0 Å². The number of furan rings is 1. The van der Waals surface area contributed by atoms with Crippen LogP contribution in [-0.4, -0.2) is 12.5 Å². The van der Waals surface area contributed by atoms with Crippen molar-refractivity contribution in [2.75, 3.05) is 11.9 Å². The van der Waals surface area contributed by atoms with Crippen LogP contribution in [0.4, 0.5) is 14.5 Å². The number of carbonyl (C=O) groups is 1. The van der Waals surface area contributed by atoms with Crippen LogP contribution in [0.15, 0.2) is 77.4 Å².